The van der Waals surface area contributed by atoms with E-state index >= 15 is 0 Å². The highest BCUT2D eigenvalue weighted by molar-refractivity contribution is 7.09. The third-order valence-electron chi connectivity index (χ3n) is 3.04. The molecule has 0 unspecified atom stereocenters. The molecule has 1 heterocycles. The maximum Gasteiger partial charge on any atom is 0.355 e. The van der Waals surface area contributed by atoms with Crippen molar-refractivity contribution in [2.75, 3.05) is 13.2 Å². The first-order valence-corrected chi connectivity index (χ1v) is 8.33. The Labute approximate surface area is 147 Å². The molecule has 8 nitrogen and oxygen atoms in total. The van der Waals surface area contributed by atoms with Crippen molar-refractivity contribution in [2.45, 2.75) is 13.5 Å². The lowest BCUT2D eigenvalue weighted by atomic mass is 10.2. The van der Waals surface area contributed by atoms with E-state index in [1.54, 1.807) is 24.3 Å². The van der Waals surface area contributed by atoms with Crippen molar-refractivity contribution >= 4 is 29.1 Å². The maximum atomic E-state index is 12.0. The summed E-state index contributed by atoms with van der Waals surface area (Å²) in [5, 5.41) is 15.7. The van der Waals surface area contributed by atoms with Gasteiger partial charge in [0.15, 0.2) is 5.69 Å². The first-order chi connectivity index (χ1) is 12.0. The van der Waals surface area contributed by atoms with Crippen LogP contribution in [0.3, 0.4) is 0 Å². The average molecular weight is 363 g/mol. The molecular weight excluding hydrogens is 346 g/mol. The number of thiazole rings is 1. The quantitative estimate of drug-likeness (QED) is 0.650. The van der Waals surface area contributed by atoms with Crippen molar-refractivity contribution in [2.24, 2.45) is 0 Å². The molecule has 1 aromatic carbocycles. The Bertz CT molecular complexity index is 757. The number of nitrogens with one attached hydrogen (secondary N) is 2. The van der Waals surface area contributed by atoms with Gasteiger partial charge in [-0.3, -0.25) is 9.59 Å². The van der Waals surface area contributed by atoms with Gasteiger partial charge in [-0.1, -0.05) is 0 Å². The van der Waals surface area contributed by atoms with Gasteiger partial charge in [-0.05, 0) is 31.2 Å². The Kier molecular flexibility index (Phi) is 6.47. The number of nitrogens with zero attached hydrogens (tertiary/aromatic N) is 1. The number of aromatic nitrogens is 1. The van der Waals surface area contributed by atoms with Gasteiger partial charge in [0.2, 0.25) is 5.91 Å². The van der Waals surface area contributed by atoms with Gasteiger partial charge in [0.25, 0.3) is 5.91 Å². The summed E-state index contributed by atoms with van der Waals surface area (Å²) in [6.07, 6.45) is 0. The van der Waals surface area contributed by atoms with Gasteiger partial charge in [-0.2, -0.15) is 0 Å². The number of aromatic carboxylic acids is 1. The molecule has 0 atom stereocenters. The van der Waals surface area contributed by atoms with E-state index in [1.165, 1.54) is 5.38 Å². The summed E-state index contributed by atoms with van der Waals surface area (Å²) in [6, 6.07) is 6.59. The normalized spacial score (nSPS) is 10.1. The molecule has 0 saturated carbocycles. The van der Waals surface area contributed by atoms with Gasteiger partial charge in [0.1, 0.15) is 10.8 Å². The van der Waals surface area contributed by atoms with Gasteiger partial charge in [0, 0.05) is 10.9 Å². The topological polar surface area (TPSA) is 118 Å². The van der Waals surface area contributed by atoms with Gasteiger partial charge in [-0.15, -0.1) is 11.3 Å². The Morgan fingerprint density at radius 2 is 1.92 bits per heavy atom. The number of hydrogen-bond donors (Lipinski definition) is 3. The van der Waals surface area contributed by atoms with Crippen LogP contribution < -0.4 is 15.4 Å². The van der Waals surface area contributed by atoms with Crippen LogP contribution in [0.15, 0.2) is 29.6 Å². The van der Waals surface area contributed by atoms with Crippen molar-refractivity contribution in [1.82, 2.24) is 15.6 Å². The molecule has 9 heteroatoms. The fraction of sp³-hybridized carbons (Fsp3) is 0.250. The minimum absolute atomic E-state index is 0.0574. The second-order valence-electron chi connectivity index (χ2n) is 4.85. The zero-order chi connectivity index (χ0) is 18.2. The molecule has 0 spiro atoms. The number of rotatable bonds is 8. The predicted octanol–water partition coefficient (Wildman–Crippen LogP) is 1.29. The van der Waals surface area contributed by atoms with Crippen LogP contribution in [0.5, 0.6) is 5.75 Å². The molecule has 2 rings (SSSR count). The fourth-order valence-corrected chi connectivity index (χ4v) is 2.57. The number of carboxylic acid groups (broad SMARTS) is 1. The van der Waals surface area contributed by atoms with Crippen LogP contribution in [0.25, 0.3) is 0 Å². The number of carbonyl (C=O) groups is 3. The Hall–Kier alpha value is -2.94. The molecule has 132 valence electrons. The highest BCUT2D eigenvalue weighted by Gasteiger charge is 2.11. The molecule has 2 aromatic rings. The first kappa shape index (κ1) is 18.4. The second-order valence-corrected chi connectivity index (χ2v) is 5.79. The summed E-state index contributed by atoms with van der Waals surface area (Å²) in [7, 11) is 0. The zero-order valence-corrected chi connectivity index (χ0v) is 14.3. The minimum atomic E-state index is -1.11. The van der Waals surface area contributed by atoms with E-state index in [2.05, 4.69) is 15.6 Å². The number of hydrogen-bond acceptors (Lipinski definition) is 6. The third-order valence-corrected chi connectivity index (χ3v) is 3.89. The van der Waals surface area contributed by atoms with E-state index in [0.717, 1.165) is 11.3 Å². The molecule has 1 aromatic heterocycles. The summed E-state index contributed by atoms with van der Waals surface area (Å²) in [4.78, 5) is 38.3. The largest absolute Gasteiger partial charge is 0.494 e. The van der Waals surface area contributed by atoms with E-state index in [9.17, 15) is 14.4 Å². The summed E-state index contributed by atoms with van der Waals surface area (Å²) in [5.74, 6) is -1.22. The Morgan fingerprint density at radius 3 is 2.52 bits per heavy atom. The number of ether oxygens (including phenoxy) is 1. The van der Waals surface area contributed by atoms with Gasteiger partial charge in [-0.25, -0.2) is 9.78 Å². The van der Waals surface area contributed by atoms with Crippen LogP contribution in [-0.2, 0) is 11.3 Å². The maximum absolute atomic E-state index is 12.0. The number of carboxylic acids is 1. The van der Waals surface area contributed by atoms with Crippen LogP contribution >= 0.6 is 11.3 Å². The molecule has 0 aliphatic heterocycles. The van der Waals surface area contributed by atoms with Crippen LogP contribution in [0.2, 0.25) is 0 Å². The van der Waals surface area contributed by atoms with Gasteiger partial charge >= 0.3 is 5.97 Å². The van der Waals surface area contributed by atoms with Crippen molar-refractivity contribution < 1.29 is 24.2 Å². The average Bonchev–Trinajstić information content (AvgIpc) is 3.08. The lowest BCUT2D eigenvalue weighted by molar-refractivity contribution is -0.120. The summed E-state index contributed by atoms with van der Waals surface area (Å²) >= 11 is 1.14. The predicted molar refractivity (Wildman–Crippen MR) is 90.9 cm³/mol. The van der Waals surface area contributed by atoms with E-state index in [0.29, 0.717) is 22.9 Å². The number of carbonyl (C=O) groups excluding carboxylic acids is 2. The highest BCUT2D eigenvalue weighted by Crippen LogP contribution is 2.12. The van der Waals surface area contributed by atoms with E-state index < -0.39 is 11.9 Å². The standard InChI is InChI=1S/C16H17N3O5S/c1-2-24-11-5-3-10(4-6-11)15(21)18-7-13(20)17-8-14-19-12(9-25-14)16(22)23/h3-6,9H,2,7-8H2,1H3,(H,17,20)(H,18,21)(H,22,23). The van der Waals surface area contributed by atoms with Crippen molar-refractivity contribution in [3.05, 3.63) is 45.9 Å². The molecular formula is C16H17N3O5S. The molecule has 0 saturated heterocycles. The fourth-order valence-electron chi connectivity index (χ4n) is 1.86. The van der Waals surface area contributed by atoms with E-state index in [4.69, 9.17) is 9.84 Å². The summed E-state index contributed by atoms with van der Waals surface area (Å²) < 4.78 is 5.29. The minimum Gasteiger partial charge on any atom is -0.494 e. The van der Waals surface area contributed by atoms with Gasteiger partial charge < -0.3 is 20.5 Å². The highest BCUT2D eigenvalue weighted by atomic mass is 32.1. The molecule has 25 heavy (non-hydrogen) atoms. The molecule has 0 bridgehead atoms. The molecule has 0 aliphatic carbocycles. The molecule has 2 amide bonds. The first-order valence-electron chi connectivity index (χ1n) is 7.45. The van der Waals surface area contributed by atoms with Crippen LogP contribution in [0.4, 0.5) is 0 Å². The number of amides is 2. The Morgan fingerprint density at radius 1 is 1.20 bits per heavy atom. The van der Waals surface area contributed by atoms with E-state index in [1.807, 2.05) is 6.92 Å². The van der Waals surface area contributed by atoms with Crippen molar-refractivity contribution in [1.29, 1.82) is 0 Å². The van der Waals surface area contributed by atoms with Crippen molar-refractivity contribution in [3.8, 4) is 5.75 Å². The lowest BCUT2D eigenvalue weighted by Crippen LogP contribution is -2.36. The monoisotopic (exact) mass is 363 g/mol. The van der Waals surface area contributed by atoms with Gasteiger partial charge in [0.05, 0.1) is 19.7 Å². The van der Waals surface area contributed by atoms with Crippen LogP contribution in [-0.4, -0.2) is 41.0 Å². The Balaban J connectivity index is 1.76. The van der Waals surface area contributed by atoms with Crippen LogP contribution in [0, 0.1) is 0 Å². The summed E-state index contributed by atoms with van der Waals surface area (Å²) in [6.45, 7) is 2.32. The third kappa shape index (κ3) is 5.57. The molecule has 0 aliphatic rings. The molecule has 3 N–H and O–H groups in total. The lowest BCUT2D eigenvalue weighted by Gasteiger charge is -2.07. The van der Waals surface area contributed by atoms with Crippen molar-refractivity contribution in [3.63, 3.8) is 0 Å². The zero-order valence-electron chi connectivity index (χ0n) is 13.4. The van der Waals surface area contributed by atoms with Crippen LogP contribution in [0.1, 0.15) is 32.8 Å². The second kappa shape index (κ2) is 8.78. The molecule has 0 radical (unpaired) electrons. The molecule has 0 fully saturated rings. The summed E-state index contributed by atoms with van der Waals surface area (Å²) in [5.41, 5.74) is 0.361. The number of benzene rings is 1. The smallest absolute Gasteiger partial charge is 0.355 e. The SMILES string of the molecule is CCOc1ccc(C(=O)NCC(=O)NCc2nc(C(=O)O)cs2)cc1. The van der Waals surface area contributed by atoms with E-state index in [-0.39, 0.29) is 24.7 Å².